The van der Waals surface area contributed by atoms with Crippen molar-refractivity contribution in [1.29, 1.82) is 0 Å². The summed E-state index contributed by atoms with van der Waals surface area (Å²) in [6.07, 6.45) is 2.95. The lowest BCUT2D eigenvalue weighted by Crippen LogP contribution is -2.11. The Morgan fingerprint density at radius 1 is 1.47 bits per heavy atom. The monoisotopic (exact) mass is 259 g/mol. The zero-order valence-corrected chi connectivity index (χ0v) is 10.9. The number of pyridine rings is 1. The van der Waals surface area contributed by atoms with Gasteiger partial charge in [-0.15, -0.1) is 0 Å². The molecule has 0 unspecified atom stereocenters. The minimum absolute atomic E-state index is 0.144. The average Bonchev–Trinajstić information content (AvgIpc) is 2.16. The number of hydrogen-bond acceptors (Lipinski definition) is 4. The number of nitrogens with zero attached hydrogens (tertiary/aromatic N) is 1. The van der Waals surface area contributed by atoms with Crippen molar-refractivity contribution in [1.82, 2.24) is 4.98 Å². The molecule has 0 aromatic carbocycles. The normalized spacial score (nSPS) is 10.6. The molecule has 1 heterocycles. The number of aromatic nitrogens is 1. The Labute approximate surface area is 101 Å². The lowest BCUT2D eigenvalue weighted by molar-refractivity contribution is -0.134. The van der Waals surface area contributed by atoms with Gasteiger partial charge < -0.3 is 5.11 Å². The van der Waals surface area contributed by atoms with Gasteiger partial charge in [-0.3, -0.25) is 9.78 Å². The highest BCUT2D eigenvalue weighted by atomic mass is 32.2. The van der Waals surface area contributed by atoms with E-state index in [0.29, 0.717) is 4.90 Å². The third kappa shape index (κ3) is 7.46. The van der Waals surface area contributed by atoms with Crippen LogP contribution in [0.25, 0.3) is 0 Å². The molecule has 0 aliphatic rings. The molecular weight excluding hydrogens is 242 g/mol. The first-order chi connectivity index (χ1) is 7.75. The van der Waals surface area contributed by atoms with Crippen molar-refractivity contribution in [2.24, 2.45) is 5.92 Å². The second kappa shape index (κ2) is 7.01. The lowest BCUT2D eigenvalue weighted by Gasteiger charge is -2.05. The van der Waals surface area contributed by atoms with Gasteiger partial charge >= 0.3 is 0 Å². The van der Waals surface area contributed by atoms with E-state index >= 15 is 0 Å². The molecule has 6 heteroatoms. The van der Waals surface area contributed by atoms with Crippen LogP contribution in [-0.2, 0) is 14.6 Å². The molecule has 0 saturated carbocycles. The number of rotatable bonds is 3. The van der Waals surface area contributed by atoms with Crippen molar-refractivity contribution in [3.63, 3.8) is 0 Å². The van der Waals surface area contributed by atoms with Gasteiger partial charge in [-0.1, -0.05) is 13.8 Å². The fourth-order valence-electron chi connectivity index (χ4n) is 1.07. The summed E-state index contributed by atoms with van der Waals surface area (Å²) < 4.78 is 23.2. The Morgan fingerprint density at radius 2 is 2.00 bits per heavy atom. The van der Waals surface area contributed by atoms with Crippen molar-refractivity contribution in [2.75, 3.05) is 5.75 Å². The van der Waals surface area contributed by atoms with Gasteiger partial charge in [-0.05, 0) is 18.1 Å². The van der Waals surface area contributed by atoms with Gasteiger partial charge in [-0.2, -0.15) is 0 Å². The summed E-state index contributed by atoms with van der Waals surface area (Å²) in [5.74, 6) is -0.510. The molecular formula is C11H17NO4S. The Balaban J connectivity index is 0.000000557. The zero-order chi connectivity index (χ0) is 13.5. The number of aliphatic carboxylic acids is 1. The van der Waals surface area contributed by atoms with Gasteiger partial charge in [0, 0.05) is 19.3 Å². The summed E-state index contributed by atoms with van der Waals surface area (Å²) in [6, 6.07) is 3.21. The fourth-order valence-corrected chi connectivity index (χ4v) is 2.64. The maximum Gasteiger partial charge on any atom is 0.300 e. The Morgan fingerprint density at radius 3 is 2.35 bits per heavy atom. The first kappa shape index (κ1) is 15.6. The summed E-state index contributed by atoms with van der Waals surface area (Å²) >= 11 is 0. The Kier molecular flexibility index (Phi) is 6.42. The number of hydrogen-bond donors (Lipinski definition) is 1. The molecule has 0 spiro atoms. The van der Waals surface area contributed by atoms with E-state index in [1.54, 1.807) is 18.3 Å². The van der Waals surface area contributed by atoms with Crippen molar-refractivity contribution in [3.05, 3.63) is 24.5 Å². The van der Waals surface area contributed by atoms with Crippen molar-refractivity contribution >= 4 is 15.8 Å². The van der Waals surface area contributed by atoms with Crippen LogP contribution in [0.1, 0.15) is 20.8 Å². The number of sulfone groups is 1. The predicted octanol–water partition coefficient (Wildman–Crippen LogP) is 1.60. The van der Waals surface area contributed by atoms with E-state index in [9.17, 15) is 8.42 Å². The molecule has 0 saturated heterocycles. The minimum atomic E-state index is -3.12. The van der Waals surface area contributed by atoms with Crippen LogP contribution in [0.5, 0.6) is 0 Å². The molecule has 0 aliphatic carbocycles. The van der Waals surface area contributed by atoms with Gasteiger partial charge in [0.15, 0.2) is 9.84 Å². The van der Waals surface area contributed by atoms with Crippen LogP contribution in [0.4, 0.5) is 0 Å². The van der Waals surface area contributed by atoms with Crippen LogP contribution in [0.3, 0.4) is 0 Å². The summed E-state index contributed by atoms with van der Waals surface area (Å²) in [5, 5.41) is 7.42. The summed E-state index contributed by atoms with van der Waals surface area (Å²) in [5.41, 5.74) is 0. The van der Waals surface area contributed by atoms with Crippen LogP contribution in [0.2, 0.25) is 0 Å². The largest absolute Gasteiger partial charge is 0.481 e. The second-order valence-electron chi connectivity index (χ2n) is 3.88. The lowest BCUT2D eigenvalue weighted by atomic mass is 10.3. The van der Waals surface area contributed by atoms with Crippen LogP contribution < -0.4 is 0 Å². The molecule has 1 N–H and O–H groups in total. The van der Waals surface area contributed by atoms with E-state index < -0.39 is 15.8 Å². The molecule has 5 nitrogen and oxygen atoms in total. The molecule has 0 fully saturated rings. The number of carboxylic acids is 1. The molecule has 0 aliphatic heterocycles. The predicted molar refractivity (Wildman–Crippen MR) is 64.4 cm³/mol. The Bertz CT molecular complexity index is 436. The van der Waals surface area contributed by atoms with Crippen molar-refractivity contribution < 1.29 is 18.3 Å². The van der Waals surface area contributed by atoms with Crippen molar-refractivity contribution in [2.45, 2.75) is 25.7 Å². The van der Waals surface area contributed by atoms with Crippen LogP contribution in [0.15, 0.2) is 29.4 Å². The fraction of sp³-hybridized carbons (Fsp3) is 0.455. The topological polar surface area (TPSA) is 84.3 Å². The van der Waals surface area contributed by atoms with Gasteiger partial charge in [0.2, 0.25) is 0 Å². The molecule has 17 heavy (non-hydrogen) atoms. The van der Waals surface area contributed by atoms with Crippen LogP contribution in [0, 0.1) is 5.92 Å². The Hall–Kier alpha value is -1.43. The summed E-state index contributed by atoms with van der Waals surface area (Å²) in [4.78, 5) is 13.1. The minimum Gasteiger partial charge on any atom is -0.481 e. The summed E-state index contributed by atoms with van der Waals surface area (Å²) in [7, 11) is -3.12. The number of carboxylic acid groups (broad SMARTS) is 1. The smallest absolute Gasteiger partial charge is 0.300 e. The van der Waals surface area contributed by atoms with E-state index in [1.165, 1.54) is 6.20 Å². The molecule has 1 rings (SSSR count). The van der Waals surface area contributed by atoms with E-state index in [4.69, 9.17) is 9.90 Å². The highest BCUT2D eigenvalue weighted by molar-refractivity contribution is 7.91. The number of carbonyl (C=O) groups is 1. The maximum absolute atomic E-state index is 11.6. The third-order valence-corrected chi connectivity index (χ3v) is 3.61. The van der Waals surface area contributed by atoms with E-state index in [1.807, 2.05) is 13.8 Å². The van der Waals surface area contributed by atoms with Crippen molar-refractivity contribution in [3.8, 4) is 0 Å². The molecule has 96 valence electrons. The average molecular weight is 259 g/mol. The van der Waals surface area contributed by atoms with E-state index in [-0.39, 0.29) is 11.7 Å². The van der Waals surface area contributed by atoms with Crippen LogP contribution >= 0.6 is 0 Å². The van der Waals surface area contributed by atoms with Crippen LogP contribution in [-0.4, -0.2) is 30.2 Å². The molecule has 1 aromatic heterocycles. The maximum atomic E-state index is 11.6. The van der Waals surface area contributed by atoms with E-state index in [0.717, 1.165) is 6.92 Å². The van der Waals surface area contributed by atoms with Gasteiger partial charge in [0.1, 0.15) is 0 Å². The molecule has 0 radical (unpaired) electrons. The standard InChI is InChI=1S/C9H13NO2S.C2H4O2/c1-8(2)7-13(11,12)9-4-3-5-10-6-9;1-2(3)4/h3-6,8H,7H2,1-2H3;1H3,(H,3,4). The molecule has 0 amide bonds. The molecule has 0 atom stereocenters. The first-order valence-electron chi connectivity index (χ1n) is 5.08. The SMILES string of the molecule is CC(=O)O.CC(C)CS(=O)(=O)c1cccnc1. The third-order valence-electron chi connectivity index (χ3n) is 1.55. The quantitative estimate of drug-likeness (QED) is 0.891. The van der Waals surface area contributed by atoms with Gasteiger partial charge in [0.25, 0.3) is 5.97 Å². The van der Waals surface area contributed by atoms with E-state index in [2.05, 4.69) is 4.98 Å². The molecule has 1 aromatic rings. The molecule has 0 bridgehead atoms. The highest BCUT2D eigenvalue weighted by Crippen LogP contribution is 2.11. The highest BCUT2D eigenvalue weighted by Gasteiger charge is 2.15. The second-order valence-corrected chi connectivity index (χ2v) is 5.92. The summed E-state index contributed by atoms with van der Waals surface area (Å²) in [6.45, 7) is 4.85. The van der Waals surface area contributed by atoms with Gasteiger partial charge in [-0.25, -0.2) is 8.42 Å². The van der Waals surface area contributed by atoms with Gasteiger partial charge in [0.05, 0.1) is 10.6 Å². The first-order valence-corrected chi connectivity index (χ1v) is 6.73. The zero-order valence-electron chi connectivity index (χ0n) is 10.1.